The van der Waals surface area contributed by atoms with Crippen molar-refractivity contribution in [3.63, 3.8) is 0 Å². The molecule has 0 unspecified atom stereocenters. The molecule has 3 aromatic rings. The fourth-order valence-electron chi connectivity index (χ4n) is 2.41. The second-order valence-electron chi connectivity index (χ2n) is 6.22. The van der Waals surface area contributed by atoms with Gasteiger partial charge in [-0.15, -0.1) is 10.2 Å². The van der Waals surface area contributed by atoms with E-state index < -0.39 is 0 Å². The molecule has 0 aliphatic carbocycles. The van der Waals surface area contributed by atoms with Gasteiger partial charge >= 0.3 is 0 Å². The molecule has 1 N–H and O–H groups in total. The Morgan fingerprint density at radius 1 is 1.24 bits per heavy atom. The number of thioether (sulfide) groups is 1. The van der Waals surface area contributed by atoms with Crippen molar-refractivity contribution in [1.82, 2.24) is 25.2 Å². The van der Waals surface area contributed by atoms with Crippen LogP contribution in [0.5, 0.6) is 0 Å². The number of nitrogens with zero attached hydrogens (tertiary/aromatic N) is 5. The van der Waals surface area contributed by atoms with Crippen LogP contribution in [0.3, 0.4) is 0 Å². The highest BCUT2D eigenvalue weighted by atomic mass is 79.9. The van der Waals surface area contributed by atoms with E-state index in [0.29, 0.717) is 11.7 Å². The number of halogens is 1. The molecule has 29 heavy (non-hydrogen) atoms. The largest absolute Gasteiger partial charge is 0.298 e. The van der Waals surface area contributed by atoms with Gasteiger partial charge in [-0.25, -0.2) is 5.43 Å². The summed E-state index contributed by atoms with van der Waals surface area (Å²) in [5.41, 5.74) is 5.28. The zero-order valence-corrected chi connectivity index (χ0v) is 18.2. The van der Waals surface area contributed by atoms with E-state index in [-0.39, 0.29) is 11.7 Å². The number of hydrazone groups is 1. The summed E-state index contributed by atoms with van der Waals surface area (Å²) in [4.78, 5) is 16.0. The lowest BCUT2D eigenvalue weighted by molar-refractivity contribution is -0.118. The van der Waals surface area contributed by atoms with Crippen LogP contribution in [0.2, 0.25) is 0 Å². The Bertz CT molecular complexity index is 1020. The van der Waals surface area contributed by atoms with Gasteiger partial charge in [0.05, 0.1) is 12.0 Å². The maximum absolute atomic E-state index is 12.1. The lowest BCUT2D eigenvalue weighted by Gasteiger charge is -2.10. The molecular formula is C20H19BrN6OS. The minimum absolute atomic E-state index is 0.169. The number of hydrogen-bond acceptors (Lipinski definition) is 6. The second kappa shape index (κ2) is 10.1. The van der Waals surface area contributed by atoms with Crippen LogP contribution in [-0.4, -0.2) is 37.6 Å². The van der Waals surface area contributed by atoms with Crippen LogP contribution in [-0.2, 0) is 11.3 Å². The van der Waals surface area contributed by atoms with Crippen molar-refractivity contribution < 1.29 is 4.79 Å². The summed E-state index contributed by atoms with van der Waals surface area (Å²) in [5.74, 6) is 0.678. The quantitative estimate of drug-likeness (QED) is 0.233. The number of benzene rings is 1. The van der Waals surface area contributed by atoms with Gasteiger partial charge in [0.1, 0.15) is 0 Å². The normalized spacial score (nSPS) is 11.0. The van der Waals surface area contributed by atoms with E-state index in [4.69, 9.17) is 0 Å². The van der Waals surface area contributed by atoms with Crippen LogP contribution in [0.15, 0.2) is 75.7 Å². The van der Waals surface area contributed by atoms with Gasteiger partial charge in [0, 0.05) is 29.0 Å². The second-order valence-corrected chi connectivity index (χ2v) is 8.08. The van der Waals surface area contributed by atoms with Crippen molar-refractivity contribution in [3.8, 4) is 11.4 Å². The van der Waals surface area contributed by atoms with Crippen LogP contribution < -0.4 is 5.43 Å². The first-order valence-corrected chi connectivity index (χ1v) is 10.5. The Kier molecular flexibility index (Phi) is 7.31. The summed E-state index contributed by atoms with van der Waals surface area (Å²) in [6, 6.07) is 11.4. The van der Waals surface area contributed by atoms with E-state index in [1.165, 1.54) is 11.8 Å². The van der Waals surface area contributed by atoms with E-state index >= 15 is 0 Å². The number of hydrogen-bond donors (Lipinski definition) is 1. The van der Waals surface area contributed by atoms with Crippen molar-refractivity contribution in [2.75, 3.05) is 5.75 Å². The lowest BCUT2D eigenvalue weighted by Crippen LogP contribution is -2.20. The smallest absolute Gasteiger partial charge is 0.250 e. The topological polar surface area (TPSA) is 85.1 Å². The highest BCUT2D eigenvalue weighted by Gasteiger charge is 2.15. The molecule has 2 aromatic heterocycles. The minimum Gasteiger partial charge on any atom is -0.298 e. The number of carbonyl (C=O) groups is 1. The number of rotatable bonds is 8. The van der Waals surface area contributed by atoms with Crippen LogP contribution in [0.1, 0.15) is 12.5 Å². The number of carbonyl (C=O) groups excluding carboxylic acids is 1. The van der Waals surface area contributed by atoms with Gasteiger partial charge in [0.2, 0.25) is 0 Å². The Hall–Kier alpha value is -2.78. The zero-order valence-electron chi connectivity index (χ0n) is 15.7. The Morgan fingerprint density at radius 2 is 1.97 bits per heavy atom. The minimum atomic E-state index is -0.227. The standard InChI is InChI=1S/C20H19BrN6OS/c1-14(2)12-27-19(16-3-5-17(21)6-4-16)25-26-20(27)29-13-18(28)24-23-11-15-7-9-22-10-8-15/h3-11H,1,12-13H2,2H3,(H,24,28)/b23-11-. The average Bonchev–Trinajstić information content (AvgIpc) is 3.09. The van der Waals surface area contributed by atoms with E-state index in [1.807, 2.05) is 35.8 Å². The van der Waals surface area contributed by atoms with Crippen LogP contribution in [0, 0.1) is 0 Å². The number of nitrogens with one attached hydrogen (secondary N) is 1. The Balaban J connectivity index is 1.66. The number of amides is 1. The van der Waals surface area contributed by atoms with Crippen LogP contribution in [0.25, 0.3) is 11.4 Å². The summed E-state index contributed by atoms with van der Waals surface area (Å²) in [6.45, 7) is 6.51. The molecule has 3 rings (SSSR count). The van der Waals surface area contributed by atoms with Crippen molar-refractivity contribution in [3.05, 3.63) is 71.0 Å². The third kappa shape index (κ3) is 6.10. The Labute approximate surface area is 181 Å². The molecule has 0 saturated carbocycles. The first kappa shape index (κ1) is 20.9. The van der Waals surface area contributed by atoms with Crippen molar-refractivity contribution in [2.45, 2.75) is 18.6 Å². The molecule has 0 atom stereocenters. The molecule has 1 amide bonds. The molecule has 7 nitrogen and oxygen atoms in total. The average molecular weight is 471 g/mol. The van der Waals surface area contributed by atoms with Crippen LogP contribution in [0.4, 0.5) is 0 Å². The Morgan fingerprint density at radius 3 is 2.66 bits per heavy atom. The SMILES string of the molecule is C=C(C)Cn1c(SCC(=O)N/N=C\c2ccncc2)nnc1-c1ccc(Br)cc1. The van der Waals surface area contributed by atoms with Gasteiger partial charge in [-0.05, 0) is 36.8 Å². The van der Waals surface area contributed by atoms with Crippen LogP contribution >= 0.6 is 27.7 Å². The summed E-state index contributed by atoms with van der Waals surface area (Å²) >= 11 is 4.74. The van der Waals surface area contributed by atoms with E-state index in [2.05, 4.69) is 48.2 Å². The third-order valence-corrected chi connectivity index (χ3v) is 5.18. The summed E-state index contributed by atoms with van der Waals surface area (Å²) < 4.78 is 2.95. The van der Waals surface area contributed by atoms with Gasteiger partial charge in [-0.1, -0.05) is 52.0 Å². The summed E-state index contributed by atoms with van der Waals surface area (Å²) in [7, 11) is 0. The maximum atomic E-state index is 12.1. The molecule has 0 radical (unpaired) electrons. The summed E-state index contributed by atoms with van der Waals surface area (Å²) in [5, 5.41) is 13.2. The molecule has 1 aromatic carbocycles. The predicted molar refractivity (Wildman–Crippen MR) is 119 cm³/mol. The number of pyridine rings is 1. The van der Waals surface area contributed by atoms with Crippen molar-refractivity contribution >= 4 is 39.8 Å². The molecule has 9 heteroatoms. The number of aromatic nitrogens is 4. The summed E-state index contributed by atoms with van der Waals surface area (Å²) in [6.07, 6.45) is 4.90. The van der Waals surface area contributed by atoms with E-state index in [1.54, 1.807) is 30.7 Å². The molecule has 2 heterocycles. The first-order chi connectivity index (χ1) is 14.0. The van der Waals surface area contributed by atoms with Gasteiger partial charge in [-0.3, -0.25) is 14.3 Å². The zero-order chi connectivity index (χ0) is 20.6. The van der Waals surface area contributed by atoms with Gasteiger partial charge < -0.3 is 0 Å². The van der Waals surface area contributed by atoms with Gasteiger partial charge in [-0.2, -0.15) is 5.10 Å². The molecule has 0 aliphatic rings. The monoisotopic (exact) mass is 470 g/mol. The highest BCUT2D eigenvalue weighted by Crippen LogP contribution is 2.26. The van der Waals surface area contributed by atoms with E-state index in [9.17, 15) is 4.79 Å². The number of allylic oxidation sites excluding steroid dienone is 1. The maximum Gasteiger partial charge on any atom is 0.250 e. The molecule has 0 fully saturated rings. The molecular weight excluding hydrogens is 452 g/mol. The molecule has 148 valence electrons. The van der Waals surface area contributed by atoms with Crippen molar-refractivity contribution in [2.24, 2.45) is 5.10 Å². The first-order valence-electron chi connectivity index (χ1n) is 8.71. The molecule has 0 bridgehead atoms. The molecule has 0 spiro atoms. The van der Waals surface area contributed by atoms with Gasteiger partial charge in [0.15, 0.2) is 11.0 Å². The molecule has 0 saturated heterocycles. The highest BCUT2D eigenvalue weighted by molar-refractivity contribution is 9.10. The predicted octanol–water partition coefficient (Wildman–Crippen LogP) is 3.92. The molecule has 0 aliphatic heterocycles. The lowest BCUT2D eigenvalue weighted by atomic mass is 10.2. The van der Waals surface area contributed by atoms with E-state index in [0.717, 1.165) is 27.0 Å². The van der Waals surface area contributed by atoms with Crippen molar-refractivity contribution in [1.29, 1.82) is 0 Å². The van der Waals surface area contributed by atoms with Gasteiger partial charge in [0.25, 0.3) is 5.91 Å². The third-order valence-electron chi connectivity index (χ3n) is 3.69. The fourth-order valence-corrected chi connectivity index (χ4v) is 3.41. The fraction of sp³-hybridized carbons (Fsp3) is 0.150.